The molecule has 6 nitrogen and oxygen atoms in total. The molecule has 0 unspecified atom stereocenters. The number of aromatic nitrogens is 3. The van der Waals surface area contributed by atoms with Crippen LogP contribution in [0.4, 0.5) is 4.39 Å². The Hall–Kier alpha value is -3.00. The molecule has 4 aromatic rings. The standard InChI is InChI=1S/C17H13FN4O2S/c18-12-3-1-11(2-4-12)8-19-16(23)9-22-17(24)14-7-15-13(5-6-25-15)21(14)10-20-22/h1-7,10H,8-9H2,(H,19,23). The molecule has 1 aromatic carbocycles. The van der Waals surface area contributed by atoms with E-state index < -0.39 is 0 Å². The number of carbonyl (C=O) groups is 1. The molecule has 3 heterocycles. The quantitative estimate of drug-likeness (QED) is 0.609. The molecule has 0 spiro atoms. The summed E-state index contributed by atoms with van der Waals surface area (Å²) in [6.07, 6.45) is 1.54. The lowest BCUT2D eigenvalue weighted by molar-refractivity contribution is -0.122. The molecule has 0 saturated heterocycles. The smallest absolute Gasteiger partial charge is 0.291 e. The monoisotopic (exact) mass is 356 g/mol. The van der Waals surface area contributed by atoms with Crippen LogP contribution in [0.2, 0.25) is 0 Å². The minimum Gasteiger partial charge on any atom is -0.350 e. The van der Waals surface area contributed by atoms with Crippen molar-refractivity contribution in [3.05, 3.63) is 69.8 Å². The fourth-order valence-electron chi connectivity index (χ4n) is 2.64. The van der Waals surface area contributed by atoms with Gasteiger partial charge in [0.05, 0.1) is 10.2 Å². The molecular formula is C17H13FN4O2S. The average Bonchev–Trinajstić information content (AvgIpc) is 3.19. The van der Waals surface area contributed by atoms with Crippen molar-refractivity contribution in [2.75, 3.05) is 0 Å². The third kappa shape index (κ3) is 2.91. The summed E-state index contributed by atoms with van der Waals surface area (Å²) in [5, 5.41) is 8.72. The van der Waals surface area contributed by atoms with Crippen LogP contribution in [0.3, 0.4) is 0 Å². The number of nitrogens with zero attached hydrogens (tertiary/aromatic N) is 3. The fourth-order valence-corrected chi connectivity index (χ4v) is 3.45. The van der Waals surface area contributed by atoms with Crippen LogP contribution in [0.1, 0.15) is 5.56 Å². The molecule has 0 saturated carbocycles. The van der Waals surface area contributed by atoms with Crippen molar-refractivity contribution in [1.82, 2.24) is 19.5 Å². The third-order valence-electron chi connectivity index (χ3n) is 3.92. The highest BCUT2D eigenvalue weighted by atomic mass is 32.1. The summed E-state index contributed by atoms with van der Waals surface area (Å²) in [4.78, 5) is 24.6. The fraction of sp³-hybridized carbons (Fsp3) is 0.118. The first-order valence-electron chi connectivity index (χ1n) is 7.57. The first-order chi connectivity index (χ1) is 12.1. The van der Waals surface area contributed by atoms with E-state index in [0.717, 1.165) is 20.5 Å². The first-order valence-corrected chi connectivity index (χ1v) is 8.45. The predicted molar refractivity (Wildman–Crippen MR) is 93.1 cm³/mol. The van der Waals surface area contributed by atoms with Gasteiger partial charge in [0.25, 0.3) is 5.56 Å². The molecule has 0 aliphatic heterocycles. The largest absolute Gasteiger partial charge is 0.350 e. The lowest BCUT2D eigenvalue weighted by Crippen LogP contribution is -2.33. The molecule has 0 fully saturated rings. The number of hydrogen-bond donors (Lipinski definition) is 1. The van der Waals surface area contributed by atoms with Gasteiger partial charge in [-0.2, -0.15) is 5.10 Å². The van der Waals surface area contributed by atoms with Gasteiger partial charge in [0.1, 0.15) is 24.2 Å². The van der Waals surface area contributed by atoms with Crippen LogP contribution in [0.5, 0.6) is 0 Å². The number of thiophene rings is 1. The van der Waals surface area contributed by atoms with Gasteiger partial charge < -0.3 is 5.32 Å². The van der Waals surface area contributed by atoms with Crippen LogP contribution in [0.25, 0.3) is 15.7 Å². The number of fused-ring (bicyclic) bond motifs is 3. The van der Waals surface area contributed by atoms with Gasteiger partial charge in [-0.15, -0.1) is 11.3 Å². The Labute approximate surface area is 145 Å². The number of nitrogens with one attached hydrogen (secondary N) is 1. The highest BCUT2D eigenvalue weighted by molar-refractivity contribution is 7.17. The molecule has 3 aromatic heterocycles. The molecule has 1 N–H and O–H groups in total. The zero-order valence-electron chi connectivity index (χ0n) is 13.0. The Morgan fingerprint density at radius 1 is 1.20 bits per heavy atom. The number of benzene rings is 1. The topological polar surface area (TPSA) is 68.4 Å². The second-order valence-corrected chi connectivity index (χ2v) is 6.51. The number of amides is 1. The van der Waals surface area contributed by atoms with Crippen molar-refractivity contribution >= 4 is 33.0 Å². The summed E-state index contributed by atoms with van der Waals surface area (Å²) in [5.74, 6) is -0.664. The van der Waals surface area contributed by atoms with E-state index in [1.165, 1.54) is 12.1 Å². The van der Waals surface area contributed by atoms with E-state index in [-0.39, 0.29) is 30.4 Å². The van der Waals surface area contributed by atoms with Crippen LogP contribution in [-0.4, -0.2) is 20.1 Å². The molecule has 0 bridgehead atoms. The van der Waals surface area contributed by atoms with Gasteiger partial charge in [-0.05, 0) is 35.2 Å². The summed E-state index contributed by atoms with van der Waals surface area (Å²) < 4.78 is 16.7. The van der Waals surface area contributed by atoms with Crippen LogP contribution in [0.15, 0.2) is 52.9 Å². The Kier molecular flexibility index (Phi) is 3.81. The van der Waals surface area contributed by atoms with Gasteiger partial charge in [0.15, 0.2) is 0 Å². The summed E-state index contributed by atoms with van der Waals surface area (Å²) in [6, 6.07) is 9.59. The maximum atomic E-state index is 12.9. The summed E-state index contributed by atoms with van der Waals surface area (Å²) in [6.45, 7) is 0.0896. The van der Waals surface area contributed by atoms with E-state index in [1.807, 2.05) is 11.4 Å². The molecule has 126 valence electrons. The Morgan fingerprint density at radius 2 is 2.00 bits per heavy atom. The van der Waals surface area contributed by atoms with Gasteiger partial charge in [-0.3, -0.25) is 14.0 Å². The van der Waals surface area contributed by atoms with Crippen molar-refractivity contribution in [2.45, 2.75) is 13.1 Å². The van der Waals surface area contributed by atoms with Crippen LogP contribution in [0, 0.1) is 5.82 Å². The first kappa shape index (κ1) is 15.5. The number of hydrogen-bond acceptors (Lipinski definition) is 4. The van der Waals surface area contributed by atoms with Crippen molar-refractivity contribution < 1.29 is 9.18 Å². The van der Waals surface area contributed by atoms with Gasteiger partial charge in [0.2, 0.25) is 5.91 Å². The second-order valence-electron chi connectivity index (χ2n) is 5.57. The number of carbonyl (C=O) groups excluding carboxylic acids is 1. The molecule has 0 aliphatic rings. The molecular weight excluding hydrogens is 343 g/mol. The van der Waals surface area contributed by atoms with Gasteiger partial charge >= 0.3 is 0 Å². The Balaban J connectivity index is 1.51. The van der Waals surface area contributed by atoms with E-state index >= 15 is 0 Å². The van der Waals surface area contributed by atoms with Crippen LogP contribution < -0.4 is 10.9 Å². The third-order valence-corrected chi connectivity index (χ3v) is 4.77. The molecule has 8 heteroatoms. The van der Waals surface area contributed by atoms with Crippen molar-refractivity contribution in [1.29, 1.82) is 0 Å². The zero-order chi connectivity index (χ0) is 17.4. The molecule has 0 aliphatic carbocycles. The Morgan fingerprint density at radius 3 is 2.80 bits per heavy atom. The normalized spacial score (nSPS) is 11.2. The van der Waals surface area contributed by atoms with Crippen LogP contribution in [-0.2, 0) is 17.9 Å². The van der Waals surface area contributed by atoms with Gasteiger partial charge in [0, 0.05) is 6.54 Å². The van der Waals surface area contributed by atoms with E-state index in [9.17, 15) is 14.0 Å². The summed E-state index contributed by atoms with van der Waals surface area (Å²) >= 11 is 1.55. The van der Waals surface area contributed by atoms with Gasteiger partial charge in [-0.1, -0.05) is 12.1 Å². The predicted octanol–water partition coefficient (Wildman–Crippen LogP) is 2.17. The highest BCUT2D eigenvalue weighted by Gasteiger charge is 2.12. The molecule has 0 radical (unpaired) electrons. The van der Waals surface area contributed by atoms with Gasteiger partial charge in [-0.25, -0.2) is 9.07 Å². The van der Waals surface area contributed by atoms with E-state index in [0.29, 0.717) is 5.52 Å². The zero-order valence-corrected chi connectivity index (χ0v) is 13.8. The highest BCUT2D eigenvalue weighted by Crippen LogP contribution is 2.22. The maximum absolute atomic E-state index is 12.9. The van der Waals surface area contributed by atoms with E-state index in [4.69, 9.17) is 0 Å². The Bertz CT molecular complexity index is 1130. The van der Waals surface area contributed by atoms with Crippen molar-refractivity contribution in [2.24, 2.45) is 0 Å². The van der Waals surface area contributed by atoms with Crippen LogP contribution >= 0.6 is 11.3 Å². The maximum Gasteiger partial charge on any atom is 0.291 e. The molecule has 25 heavy (non-hydrogen) atoms. The van der Waals surface area contributed by atoms with E-state index in [2.05, 4.69) is 10.4 Å². The SMILES string of the molecule is O=C(Cn1ncn2c(cc3sccc32)c1=O)NCc1ccc(F)cc1. The molecule has 1 amide bonds. The molecule has 4 rings (SSSR count). The van der Waals surface area contributed by atoms with E-state index in [1.54, 1.807) is 40.3 Å². The lowest BCUT2D eigenvalue weighted by atomic mass is 10.2. The molecule has 0 atom stereocenters. The average molecular weight is 356 g/mol. The van der Waals surface area contributed by atoms with Crippen molar-refractivity contribution in [3.63, 3.8) is 0 Å². The minimum absolute atomic E-state index is 0.171. The summed E-state index contributed by atoms with van der Waals surface area (Å²) in [5.41, 5.74) is 1.88. The minimum atomic E-state index is -0.336. The number of halogens is 1. The second kappa shape index (κ2) is 6.14. The lowest BCUT2D eigenvalue weighted by Gasteiger charge is -2.07. The van der Waals surface area contributed by atoms with Crippen molar-refractivity contribution in [3.8, 4) is 0 Å². The number of rotatable bonds is 4. The summed E-state index contributed by atoms with van der Waals surface area (Å²) in [7, 11) is 0.